The molecule has 7 heteroatoms. The average molecular weight is 358 g/mol. The standard InChI is InChI=1S/C18H16ClN3O3/c1-11-4-3-5-14(8-11)24-10-15-12(2)25-22-17(15)18(23)21-16-7-6-13(19)9-20-16/h3-9H,10H2,1-2H3,(H,20,21,23). The topological polar surface area (TPSA) is 77.2 Å². The molecule has 0 spiro atoms. The number of carbonyl (C=O) groups excluding carboxylic acids is 1. The zero-order valence-corrected chi connectivity index (χ0v) is 14.5. The Morgan fingerprint density at radius 3 is 2.84 bits per heavy atom. The highest BCUT2D eigenvalue weighted by molar-refractivity contribution is 6.30. The summed E-state index contributed by atoms with van der Waals surface area (Å²) in [4.78, 5) is 16.5. The molecule has 0 saturated heterocycles. The summed E-state index contributed by atoms with van der Waals surface area (Å²) in [5.74, 6) is 1.20. The summed E-state index contributed by atoms with van der Waals surface area (Å²) in [6.07, 6.45) is 1.45. The fourth-order valence-electron chi connectivity index (χ4n) is 2.23. The van der Waals surface area contributed by atoms with Crippen molar-refractivity contribution in [3.05, 3.63) is 70.2 Å². The molecule has 0 aliphatic carbocycles. The van der Waals surface area contributed by atoms with Crippen molar-refractivity contribution in [2.24, 2.45) is 0 Å². The zero-order valence-electron chi connectivity index (χ0n) is 13.7. The average Bonchev–Trinajstić information content (AvgIpc) is 2.96. The van der Waals surface area contributed by atoms with Crippen LogP contribution < -0.4 is 10.1 Å². The second-order valence-corrected chi connectivity index (χ2v) is 5.92. The molecule has 0 unspecified atom stereocenters. The van der Waals surface area contributed by atoms with Crippen LogP contribution in [0.2, 0.25) is 5.02 Å². The van der Waals surface area contributed by atoms with Crippen LogP contribution in [0.5, 0.6) is 5.75 Å². The molecule has 0 fully saturated rings. The molecule has 1 aromatic carbocycles. The van der Waals surface area contributed by atoms with E-state index < -0.39 is 5.91 Å². The minimum atomic E-state index is -0.422. The molecule has 25 heavy (non-hydrogen) atoms. The molecule has 0 aliphatic rings. The lowest BCUT2D eigenvalue weighted by atomic mass is 10.2. The van der Waals surface area contributed by atoms with E-state index in [-0.39, 0.29) is 12.3 Å². The number of amides is 1. The molecule has 0 radical (unpaired) electrons. The first-order valence-electron chi connectivity index (χ1n) is 7.60. The number of hydrogen-bond donors (Lipinski definition) is 1. The lowest BCUT2D eigenvalue weighted by Crippen LogP contribution is -2.16. The van der Waals surface area contributed by atoms with E-state index >= 15 is 0 Å². The van der Waals surface area contributed by atoms with Gasteiger partial charge in [0.2, 0.25) is 0 Å². The number of aryl methyl sites for hydroxylation is 2. The van der Waals surface area contributed by atoms with Gasteiger partial charge in [0.25, 0.3) is 5.91 Å². The van der Waals surface area contributed by atoms with Gasteiger partial charge >= 0.3 is 0 Å². The largest absolute Gasteiger partial charge is 0.489 e. The van der Waals surface area contributed by atoms with Crippen LogP contribution in [0, 0.1) is 13.8 Å². The fraction of sp³-hybridized carbons (Fsp3) is 0.167. The second-order valence-electron chi connectivity index (χ2n) is 5.49. The summed E-state index contributed by atoms with van der Waals surface area (Å²) in [6.45, 7) is 3.89. The van der Waals surface area contributed by atoms with Crippen molar-refractivity contribution in [2.75, 3.05) is 5.32 Å². The Balaban J connectivity index is 1.74. The van der Waals surface area contributed by atoms with Gasteiger partial charge in [-0.3, -0.25) is 4.79 Å². The normalized spacial score (nSPS) is 10.5. The molecule has 128 valence electrons. The number of rotatable bonds is 5. The minimum absolute atomic E-state index is 0.168. The lowest BCUT2D eigenvalue weighted by Gasteiger charge is -2.07. The number of nitrogens with one attached hydrogen (secondary N) is 1. The van der Waals surface area contributed by atoms with Crippen LogP contribution in [0.15, 0.2) is 47.1 Å². The van der Waals surface area contributed by atoms with Gasteiger partial charge in [-0.2, -0.15) is 0 Å². The van der Waals surface area contributed by atoms with E-state index in [4.69, 9.17) is 20.9 Å². The monoisotopic (exact) mass is 357 g/mol. The number of ether oxygens (including phenoxy) is 1. The molecular formula is C18H16ClN3O3. The van der Waals surface area contributed by atoms with E-state index in [1.807, 2.05) is 31.2 Å². The second kappa shape index (κ2) is 7.36. The van der Waals surface area contributed by atoms with E-state index in [1.165, 1.54) is 6.20 Å². The summed E-state index contributed by atoms with van der Waals surface area (Å²) in [7, 11) is 0. The Morgan fingerprint density at radius 1 is 1.28 bits per heavy atom. The first-order valence-corrected chi connectivity index (χ1v) is 7.98. The summed E-state index contributed by atoms with van der Waals surface area (Å²) >= 11 is 5.79. The highest BCUT2D eigenvalue weighted by atomic mass is 35.5. The summed E-state index contributed by atoms with van der Waals surface area (Å²) < 4.78 is 10.9. The number of carbonyl (C=O) groups is 1. The maximum absolute atomic E-state index is 12.4. The van der Waals surface area contributed by atoms with Crippen molar-refractivity contribution < 1.29 is 14.1 Å². The number of anilines is 1. The molecule has 0 atom stereocenters. The van der Waals surface area contributed by atoms with Crippen LogP contribution in [0.3, 0.4) is 0 Å². The molecule has 0 aliphatic heterocycles. The van der Waals surface area contributed by atoms with Gasteiger partial charge in [-0.25, -0.2) is 4.98 Å². The van der Waals surface area contributed by atoms with Gasteiger partial charge in [0, 0.05) is 6.20 Å². The smallest absolute Gasteiger partial charge is 0.279 e. The first kappa shape index (κ1) is 17.0. The highest BCUT2D eigenvalue weighted by Crippen LogP contribution is 2.20. The number of nitrogens with zero attached hydrogens (tertiary/aromatic N) is 2. The third-order valence-electron chi connectivity index (χ3n) is 3.54. The van der Waals surface area contributed by atoms with Gasteiger partial charge in [-0.1, -0.05) is 28.9 Å². The number of hydrogen-bond acceptors (Lipinski definition) is 5. The number of halogens is 1. The zero-order chi connectivity index (χ0) is 17.8. The van der Waals surface area contributed by atoms with Crippen molar-refractivity contribution in [2.45, 2.75) is 20.5 Å². The van der Waals surface area contributed by atoms with Crippen molar-refractivity contribution >= 4 is 23.3 Å². The van der Waals surface area contributed by atoms with Gasteiger partial charge in [-0.15, -0.1) is 0 Å². The first-order chi connectivity index (χ1) is 12.0. The van der Waals surface area contributed by atoms with Gasteiger partial charge in [0.05, 0.1) is 10.6 Å². The Labute approximate surface area is 149 Å². The SMILES string of the molecule is Cc1cccc(OCc2c(C(=O)Nc3ccc(Cl)cn3)noc2C)c1. The minimum Gasteiger partial charge on any atom is -0.489 e. The summed E-state index contributed by atoms with van der Waals surface area (Å²) in [5, 5.41) is 6.99. The van der Waals surface area contributed by atoms with Crippen molar-refractivity contribution in [1.29, 1.82) is 0 Å². The van der Waals surface area contributed by atoms with E-state index in [0.717, 1.165) is 5.56 Å². The Hall–Kier alpha value is -2.86. The lowest BCUT2D eigenvalue weighted by molar-refractivity contribution is 0.101. The third-order valence-corrected chi connectivity index (χ3v) is 3.77. The number of benzene rings is 1. The van der Waals surface area contributed by atoms with E-state index in [1.54, 1.807) is 19.1 Å². The van der Waals surface area contributed by atoms with Crippen molar-refractivity contribution in [3.8, 4) is 5.75 Å². The summed E-state index contributed by atoms with van der Waals surface area (Å²) in [6, 6.07) is 10.9. The highest BCUT2D eigenvalue weighted by Gasteiger charge is 2.21. The predicted octanol–water partition coefficient (Wildman–Crippen LogP) is 4.17. The van der Waals surface area contributed by atoms with Crippen molar-refractivity contribution in [1.82, 2.24) is 10.1 Å². The van der Waals surface area contributed by atoms with E-state index in [9.17, 15) is 4.79 Å². The predicted molar refractivity (Wildman–Crippen MR) is 94.0 cm³/mol. The third kappa shape index (κ3) is 4.16. The molecular weight excluding hydrogens is 342 g/mol. The fourth-order valence-corrected chi connectivity index (χ4v) is 2.34. The Morgan fingerprint density at radius 2 is 2.12 bits per heavy atom. The van der Waals surface area contributed by atoms with Crippen LogP contribution in [0.4, 0.5) is 5.82 Å². The molecule has 2 aromatic heterocycles. The molecule has 6 nitrogen and oxygen atoms in total. The molecule has 2 heterocycles. The quantitative estimate of drug-likeness (QED) is 0.741. The Bertz CT molecular complexity index is 891. The van der Waals surface area contributed by atoms with Gasteiger partial charge in [0.1, 0.15) is 23.9 Å². The molecule has 1 N–H and O–H groups in total. The van der Waals surface area contributed by atoms with Crippen LogP contribution >= 0.6 is 11.6 Å². The van der Waals surface area contributed by atoms with Gasteiger partial charge in [0.15, 0.2) is 5.69 Å². The van der Waals surface area contributed by atoms with Crippen LogP contribution in [0.1, 0.15) is 27.4 Å². The maximum Gasteiger partial charge on any atom is 0.279 e. The molecule has 0 bridgehead atoms. The van der Waals surface area contributed by atoms with Crippen molar-refractivity contribution in [3.63, 3.8) is 0 Å². The van der Waals surface area contributed by atoms with Gasteiger partial charge in [-0.05, 0) is 43.7 Å². The van der Waals surface area contributed by atoms with Gasteiger partial charge < -0.3 is 14.6 Å². The van der Waals surface area contributed by atoms with Crippen LogP contribution in [-0.2, 0) is 6.61 Å². The van der Waals surface area contributed by atoms with Crippen LogP contribution in [-0.4, -0.2) is 16.0 Å². The van der Waals surface area contributed by atoms with E-state index in [0.29, 0.717) is 27.9 Å². The molecule has 3 aromatic rings. The molecule has 0 saturated carbocycles. The van der Waals surface area contributed by atoms with E-state index in [2.05, 4.69) is 15.5 Å². The number of aromatic nitrogens is 2. The summed E-state index contributed by atoms with van der Waals surface area (Å²) in [5.41, 5.74) is 1.85. The molecule has 3 rings (SSSR count). The number of pyridine rings is 1. The maximum atomic E-state index is 12.4. The van der Waals surface area contributed by atoms with Crippen LogP contribution in [0.25, 0.3) is 0 Å². The Kier molecular flexibility index (Phi) is 5.00. The molecule has 1 amide bonds.